The fourth-order valence-electron chi connectivity index (χ4n) is 3.27. The van der Waals surface area contributed by atoms with Crippen molar-refractivity contribution in [1.29, 1.82) is 0 Å². The van der Waals surface area contributed by atoms with Crippen LogP contribution in [0.4, 0.5) is 5.69 Å². The SMILES string of the molecule is CCN(CC)C1CCN(C(=O)c2ccc(N)cc2C)CC1. The Hall–Kier alpha value is -1.55. The summed E-state index contributed by atoms with van der Waals surface area (Å²) in [5.74, 6) is 0.144. The van der Waals surface area contributed by atoms with Crippen molar-refractivity contribution in [1.82, 2.24) is 9.80 Å². The number of nitrogen functional groups attached to an aromatic ring is 1. The first-order valence-corrected chi connectivity index (χ1v) is 7.96. The van der Waals surface area contributed by atoms with E-state index >= 15 is 0 Å². The molecule has 1 saturated heterocycles. The summed E-state index contributed by atoms with van der Waals surface area (Å²) >= 11 is 0. The summed E-state index contributed by atoms with van der Waals surface area (Å²) in [4.78, 5) is 17.1. The summed E-state index contributed by atoms with van der Waals surface area (Å²) in [5.41, 5.74) is 8.22. The Bertz CT molecular complexity index is 489. The third kappa shape index (κ3) is 3.56. The quantitative estimate of drug-likeness (QED) is 0.867. The minimum absolute atomic E-state index is 0.144. The van der Waals surface area contributed by atoms with E-state index < -0.39 is 0 Å². The molecule has 21 heavy (non-hydrogen) atoms. The number of benzene rings is 1. The standard InChI is InChI=1S/C17H27N3O/c1-4-19(5-2)15-8-10-20(11-9-15)17(21)16-7-6-14(18)12-13(16)3/h6-7,12,15H,4-5,8-11,18H2,1-3H3. The Kier molecular flexibility index (Phi) is 5.23. The molecule has 0 unspecified atom stereocenters. The van der Waals surface area contributed by atoms with Gasteiger partial charge in [-0.1, -0.05) is 13.8 Å². The maximum absolute atomic E-state index is 12.6. The highest BCUT2D eigenvalue weighted by atomic mass is 16.2. The van der Waals surface area contributed by atoms with E-state index in [1.165, 1.54) is 0 Å². The molecule has 1 aromatic rings. The number of aryl methyl sites for hydroxylation is 1. The molecule has 4 nitrogen and oxygen atoms in total. The van der Waals surface area contributed by atoms with E-state index in [4.69, 9.17) is 5.73 Å². The van der Waals surface area contributed by atoms with Gasteiger partial charge in [-0.05, 0) is 56.6 Å². The van der Waals surface area contributed by atoms with E-state index in [0.29, 0.717) is 11.7 Å². The van der Waals surface area contributed by atoms with Gasteiger partial charge in [0.1, 0.15) is 0 Å². The van der Waals surface area contributed by atoms with E-state index in [1.807, 2.05) is 30.0 Å². The lowest BCUT2D eigenvalue weighted by molar-refractivity contribution is 0.0631. The van der Waals surface area contributed by atoms with Gasteiger partial charge in [-0.15, -0.1) is 0 Å². The molecule has 0 radical (unpaired) electrons. The highest BCUT2D eigenvalue weighted by molar-refractivity contribution is 5.96. The van der Waals surface area contributed by atoms with Crippen LogP contribution in [0, 0.1) is 6.92 Å². The van der Waals surface area contributed by atoms with Gasteiger partial charge in [0.2, 0.25) is 0 Å². The molecule has 116 valence electrons. The van der Waals surface area contributed by atoms with E-state index in [0.717, 1.165) is 50.1 Å². The Labute approximate surface area is 127 Å². The van der Waals surface area contributed by atoms with Crippen LogP contribution in [0.15, 0.2) is 18.2 Å². The predicted octanol–water partition coefficient (Wildman–Crippen LogP) is 2.52. The Balaban J connectivity index is 2.00. The van der Waals surface area contributed by atoms with Crippen LogP contribution >= 0.6 is 0 Å². The molecule has 0 bridgehead atoms. The highest BCUT2D eigenvalue weighted by Gasteiger charge is 2.26. The number of carbonyl (C=O) groups is 1. The maximum Gasteiger partial charge on any atom is 0.254 e. The third-order valence-electron chi connectivity index (χ3n) is 4.56. The number of rotatable bonds is 4. The van der Waals surface area contributed by atoms with Crippen molar-refractivity contribution in [3.05, 3.63) is 29.3 Å². The van der Waals surface area contributed by atoms with E-state index in [9.17, 15) is 4.79 Å². The molecule has 2 N–H and O–H groups in total. The molecule has 1 heterocycles. The number of carbonyl (C=O) groups excluding carboxylic acids is 1. The van der Waals surface area contributed by atoms with Gasteiger partial charge < -0.3 is 15.5 Å². The Morgan fingerprint density at radius 2 is 1.90 bits per heavy atom. The summed E-state index contributed by atoms with van der Waals surface area (Å²) in [6, 6.07) is 6.15. The first kappa shape index (κ1) is 15.8. The molecule has 1 aliphatic heterocycles. The van der Waals surface area contributed by atoms with Gasteiger partial charge in [0, 0.05) is 30.4 Å². The molecule has 0 spiro atoms. The van der Waals surface area contributed by atoms with E-state index in [2.05, 4.69) is 18.7 Å². The molecule has 1 aromatic carbocycles. The minimum Gasteiger partial charge on any atom is -0.399 e. The van der Waals surface area contributed by atoms with Crippen LogP contribution in [0.2, 0.25) is 0 Å². The smallest absolute Gasteiger partial charge is 0.254 e. The molecule has 0 saturated carbocycles. The van der Waals surface area contributed by atoms with Crippen LogP contribution in [0.25, 0.3) is 0 Å². The lowest BCUT2D eigenvalue weighted by Gasteiger charge is -2.37. The molecule has 0 aliphatic carbocycles. The average molecular weight is 289 g/mol. The van der Waals surface area contributed by atoms with Gasteiger partial charge in [0.15, 0.2) is 0 Å². The zero-order valence-corrected chi connectivity index (χ0v) is 13.4. The third-order valence-corrected chi connectivity index (χ3v) is 4.56. The van der Waals surface area contributed by atoms with Crippen molar-refractivity contribution in [2.24, 2.45) is 0 Å². The van der Waals surface area contributed by atoms with Crippen molar-refractivity contribution in [2.45, 2.75) is 39.7 Å². The summed E-state index contributed by atoms with van der Waals surface area (Å²) in [6.07, 6.45) is 2.14. The van der Waals surface area contributed by atoms with Gasteiger partial charge in [0.25, 0.3) is 5.91 Å². The summed E-state index contributed by atoms with van der Waals surface area (Å²) in [6.45, 7) is 10.2. The van der Waals surface area contributed by atoms with Crippen molar-refractivity contribution in [3.8, 4) is 0 Å². The minimum atomic E-state index is 0.144. The van der Waals surface area contributed by atoms with Gasteiger partial charge >= 0.3 is 0 Å². The Morgan fingerprint density at radius 3 is 2.43 bits per heavy atom. The second kappa shape index (κ2) is 6.94. The van der Waals surface area contributed by atoms with Crippen LogP contribution in [0.1, 0.15) is 42.6 Å². The summed E-state index contributed by atoms with van der Waals surface area (Å²) in [7, 11) is 0. The molecule has 2 rings (SSSR count). The second-order valence-corrected chi connectivity index (χ2v) is 5.82. The zero-order chi connectivity index (χ0) is 15.4. The fourth-order valence-corrected chi connectivity index (χ4v) is 3.27. The summed E-state index contributed by atoms with van der Waals surface area (Å²) in [5, 5.41) is 0. The van der Waals surface area contributed by atoms with Crippen molar-refractivity contribution >= 4 is 11.6 Å². The molecular formula is C17H27N3O. The second-order valence-electron chi connectivity index (χ2n) is 5.82. The fraction of sp³-hybridized carbons (Fsp3) is 0.588. The normalized spacial score (nSPS) is 16.5. The van der Waals surface area contributed by atoms with Crippen LogP contribution in [0.5, 0.6) is 0 Å². The van der Waals surface area contributed by atoms with Crippen LogP contribution in [-0.2, 0) is 0 Å². The van der Waals surface area contributed by atoms with Crippen LogP contribution in [0.3, 0.4) is 0 Å². The first-order valence-electron chi connectivity index (χ1n) is 7.96. The zero-order valence-electron chi connectivity index (χ0n) is 13.4. The summed E-state index contributed by atoms with van der Waals surface area (Å²) < 4.78 is 0. The Morgan fingerprint density at radius 1 is 1.29 bits per heavy atom. The average Bonchev–Trinajstić information content (AvgIpc) is 2.48. The molecule has 1 aliphatic rings. The van der Waals surface area contributed by atoms with Gasteiger partial charge in [0.05, 0.1) is 0 Å². The number of amides is 1. The highest BCUT2D eigenvalue weighted by Crippen LogP contribution is 2.20. The number of hydrogen-bond acceptors (Lipinski definition) is 3. The van der Waals surface area contributed by atoms with Gasteiger partial charge in [-0.2, -0.15) is 0 Å². The van der Waals surface area contributed by atoms with Crippen molar-refractivity contribution < 1.29 is 4.79 Å². The number of anilines is 1. The number of nitrogens with zero attached hydrogens (tertiary/aromatic N) is 2. The maximum atomic E-state index is 12.6. The molecule has 0 atom stereocenters. The first-order chi connectivity index (χ1) is 10.1. The van der Waals surface area contributed by atoms with Gasteiger partial charge in [-0.3, -0.25) is 4.79 Å². The lowest BCUT2D eigenvalue weighted by Crippen LogP contribution is -2.46. The van der Waals surface area contributed by atoms with Crippen LogP contribution < -0.4 is 5.73 Å². The van der Waals surface area contributed by atoms with Crippen LogP contribution in [-0.4, -0.2) is 47.9 Å². The molecular weight excluding hydrogens is 262 g/mol. The largest absolute Gasteiger partial charge is 0.399 e. The van der Waals surface area contributed by atoms with E-state index in [-0.39, 0.29) is 5.91 Å². The number of hydrogen-bond donors (Lipinski definition) is 1. The van der Waals surface area contributed by atoms with Gasteiger partial charge in [-0.25, -0.2) is 0 Å². The van der Waals surface area contributed by atoms with Crippen molar-refractivity contribution in [2.75, 3.05) is 31.9 Å². The number of likely N-dealkylation sites (tertiary alicyclic amines) is 1. The topological polar surface area (TPSA) is 49.6 Å². The van der Waals surface area contributed by atoms with Crippen molar-refractivity contribution in [3.63, 3.8) is 0 Å². The molecule has 0 aromatic heterocycles. The monoisotopic (exact) mass is 289 g/mol. The molecule has 1 fully saturated rings. The lowest BCUT2D eigenvalue weighted by atomic mass is 10.0. The molecule has 4 heteroatoms. The predicted molar refractivity (Wildman–Crippen MR) is 87.4 cm³/mol. The van der Waals surface area contributed by atoms with E-state index in [1.54, 1.807) is 0 Å². The molecule has 1 amide bonds. The number of piperidine rings is 1. The number of nitrogens with two attached hydrogens (primary N) is 1.